The number of hydrogen-bond donors (Lipinski definition) is 1. The molecule has 1 aromatic heterocycles. The maximum absolute atomic E-state index is 13.6. The summed E-state index contributed by atoms with van der Waals surface area (Å²) in [5, 5.41) is 3.37. The van der Waals surface area contributed by atoms with Crippen molar-refractivity contribution in [1.82, 2.24) is 0 Å². The lowest BCUT2D eigenvalue weighted by molar-refractivity contribution is -0.578. The van der Waals surface area contributed by atoms with Crippen molar-refractivity contribution in [2.24, 2.45) is 0 Å². The zero-order valence-electron chi connectivity index (χ0n) is 17.7. The van der Waals surface area contributed by atoms with Crippen LogP contribution in [0.2, 0.25) is 0 Å². The molecule has 1 N–H and O–H groups in total. The summed E-state index contributed by atoms with van der Waals surface area (Å²) in [6.07, 6.45) is 4.60. The molecule has 1 heterocycles. The van der Waals surface area contributed by atoms with Crippen molar-refractivity contribution < 1.29 is 14.2 Å². The monoisotopic (exact) mass is 397 g/mol. The Balaban J connectivity index is 1.99. The van der Waals surface area contributed by atoms with Crippen LogP contribution in [0.3, 0.4) is 0 Å². The third-order valence-electron chi connectivity index (χ3n) is 5.48. The van der Waals surface area contributed by atoms with Gasteiger partial charge in [0.2, 0.25) is 5.78 Å². The number of aromatic nitrogens is 1. The number of ketones is 2. The molecule has 4 nitrogen and oxygen atoms in total. The average Bonchev–Trinajstić information content (AvgIpc) is 2.72. The van der Waals surface area contributed by atoms with Crippen LogP contribution in [0.25, 0.3) is 5.70 Å². The van der Waals surface area contributed by atoms with E-state index >= 15 is 0 Å². The van der Waals surface area contributed by atoms with Crippen LogP contribution in [0.1, 0.15) is 49.9 Å². The van der Waals surface area contributed by atoms with Crippen molar-refractivity contribution in [1.29, 1.82) is 0 Å². The van der Waals surface area contributed by atoms with Crippen molar-refractivity contribution >= 4 is 23.0 Å². The average molecular weight is 397 g/mol. The van der Waals surface area contributed by atoms with Gasteiger partial charge in [-0.25, -0.2) is 0 Å². The SMILES string of the molecule is CCc1cccc(C)c1NC1=C([n+]2cc(C)cc(C)c2)C(=O)c2ccccc2C1=O. The first-order valence-electron chi connectivity index (χ1n) is 10.2. The van der Waals surface area contributed by atoms with Gasteiger partial charge in [0.1, 0.15) is 0 Å². The van der Waals surface area contributed by atoms with Crippen LogP contribution >= 0.6 is 0 Å². The number of Topliss-reactive ketones (excluding diaryl/α,β-unsaturated/α-hetero) is 2. The first-order chi connectivity index (χ1) is 14.4. The number of allylic oxidation sites excluding steroid dienone is 2. The van der Waals surface area contributed by atoms with Crippen LogP contribution in [0, 0.1) is 20.8 Å². The molecule has 1 aliphatic carbocycles. The number of nitrogens with one attached hydrogen (secondary N) is 1. The van der Waals surface area contributed by atoms with Crippen molar-refractivity contribution in [3.05, 3.63) is 100 Å². The minimum atomic E-state index is -0.169. The molecule has 0 unspecified atom stereocenters. The molecule has 0 fully saturated rings. The van der Waals surface area contributed by atoms with Gasteiger partial charge in [0.25, 0.3) is 11.5 Å². The van der Waals surface area contributed by atoms with Gasteiger partial charge in [0, 0.05) is 27.9 Å². The molecule has 2 aromatic carbocycles. The molecule has 0 spiro atoms. The highest BCUT2D eigenvalue weighted by Crippen LogP contribution is 2.30. The number of aryl methyl sites for hydroxylation is 4. The number of benzene rings is 2. The van der Waals surface area contributed by atoms with Gasteiger partial charge in [-0.15, -0.1) is 0 Å². The lowest BCUT2D eigenvalue weighted by Gasteiger charge is -2.21. The van der Waals surface area contributed by atoms with Crippen molar-refractivity contribution in [2.75, 3.05) is 5.32 Å². The van der Waals surface area contributed by atoms with Crippen LogP contribution in [0.15, 0.2) is 66.6 Å². The van der Waals surface area contributed by atoms with E-state index < -0.39 is 0 Å². The minimum Gasteiger partial charge on any atom is -0.346 e. The molecule has 150 valence electrons. The van der Waals surface area contributed by atoms with E-state index in [1.165, 1.54) is 0 Å². The van der Waals surface area contributed by atoms with Gasteiger partial charge in [0.05, 0.1) is 0 Å². The fourth-order valence-electron chi connectivity index (χ4n) is 4.09. The van der Waals surface area contributed by atoms with Gasteiger partial charge >= 0.3 is 0 Å². The lowest BCUT2D eigenvalue weighted by atomic mass is 9.89. The van der Waals surface area contributed by atoms with Crippen molar-refractivity contribution in [2.45, 2.75) is 34.1 Å². The summed E-state index contributed by atoms with van der Waals surface area (Å²) >= 11 is 0. The van der Waals surface area contributed by atoms with Gasteiger partial charge in [-0.3, -0.25) is 9.59 Å². The van der Waals surface area contributed by atoms with Crippen molar-refractivity contribution in [3.8, 4) is 0 Å². The maximum Gasteiger partial charge on any atom is 0.286 e. The standard InChI is InChI=1S/C26H24N2O2/c1-5-19-10-8-9-18(4)22(19)27-23-24(28-14-16(2)13-17(3)15-28)26(30)21-12-7-6-11-20(21)25(23)29/h6-15H,5H2,1-4H3/p+1. The minimum absolute atomic E-state index is 0.158. The maximum atomic E-state index is 13.6. The summed E-state index contributed by atoms with van der Waals surface area (Å²) in [7, 11) is 0. The Morgan fingerprint density at radius 2 is 1.47 bits per heavy atom. The third kappa shape index (κ3) is 3.35. The number of nitrogens with zero attached hydrogens (tertiary/aromatic N) is 1. The van der Waals surface area contributed by atoms with Crippen LogP contribution in [0.4, 0.5) is 5.69 Å². The molecule has 0 saturated heterocycles. The summed E-state index contributed by atoms with van der Waals surface area (Å²) in [5.41, 5.74) is 6.61. The van der Waals surface area contributed by atoms with Crippen LogP contribution in [0.5, 0.6) is 0 Å². The van der Waals surface area contributed by atoms with Crippen LogP contribution in [-0.2, 0) is 6.42 Å². The Kier molecular flexibility index (Phi) is 5.08. The second-order valence-corrected chi connectivity index (χ2v) is 7.81. The van der Waals surface area contributed by atoms with Crippen molar-refractivity contribution in [3.63, 3.8) is 0 Å². The normalized spacial score (nSPS) is 13.5. The van der Waals surface area contributed by atoms with Crippen LogP contribution < -0.4 is 9.88 Å². The van der Waals surface area contributed by atoms with E-state index in [-0.39, 0.29) is 11.6 Å². The molecule has 0 radical (unpaired) electrons. The second kappa shape index (κ2) is 7.71. The predicted octanol–water partition coefficient (Wildman–Crippen LogP) is 4.82. The highest BCUT2D eigenvalue weighted by Gasteiger charge is 2.39. The highest BCUT2D eigenvalue weighted by molar-refractivity contribution is 6.36. The molecule has 0 aliphatic heterocycles. The fourth-order valence-corrected chi connectivity index (χ4v) is 4.09. The Morgan fingerprint density at radius 1 is 0.833 bits per heavy atom. The zero-order valence-corrected chi connectivity index (χ0v) is 17.7. The molecule has 4 rings (SSSR count). The molecule has 30 heavy (non-hydrogen) atoms. The summed E-state index contributed by atoms with van der Waals surface area (Å²) in [5.74, 6) is -0.327. The van der Waals surface area contributed by atoms with Gasteiger partial charge in [0.15, 0.2) is 18.1 Å². The van der Waals surface area contributed by atoms with E-state index in [0.29, 0.717) is 22.5 Å². The number of carbonyl (C=O) groups excluding carboxylic acids is 2. The quantitative estimate of drug-likeness (QED) is 0.642. The van der Waals surface area contributed by atoms with Gasteiger partial charge in [-0.1, -0.05) is 49.4 Å². The molecule has 0 saturated carbocycles. The molecular formula is C26H25N2O2+. The molecular weight excluding hydrogens is 372 g/mol. The highest BCUT2D eigenvalue weighted by atomic mass is 16.1. The van der Waals surface area contributed by atoms with E-state index in [1.54, 1.807) is 28.8 Å². The first-order valence-corrected chi connectivity index (χ1v) is 10.2. The Morgan fingerprint density at radius 3 is 2.10 bits per heavy atom. The lowest BCUT2D eigenvalue weighted by Crippen LogP contribution is -2.42. The number of para-hydroxylation sites is 1. The topological polar surface area (TPSA) is 50.1 Å². The van der Waals surface area contributed by atoms with E-state index in [2.05, 4.69) is 12.2 Å². The summed E-state index contributed by atoms with van der Waals surface area (Å²) in [6.45, 7) is 8.05. The largest absolute Gasteiger partial charge is 0.346 e. The zero-order chi connectivity index (χ0) is 21.4. The number of pyridine rings is 1. The molecule has 3 aromatic rings. The Bertz CT molecular complexity index is 1200. The molecule has 0 amide bonds. The fraction of sp³-hybridized carbons (Fsp3) is 0.192. The number of fused-ring (bicyclic) bond motifs is 1. The summed E-state index contributed by atoms with van der Waals surface area (Å²) in [6, 6.07) is 15.1. The summed E-state index contributed by atoms with van der Waals surface area (Å²) < 4.78 is 1.78. The molecule has 0 bridgehead atoms. The van der Waals surface area contributed by atoms with Gasteiger partial charge < -0.3 is 5.32 Å². The number of anilines is 1. The molecule has 0 atom stereocenters. The van der Waals surface area contributed by atoms with E-state index in [1.807, 2.05) is 57.4 Å². The van der Waals surface area contributed by atoms with Gasteiger partial charge in [-0.05, 0) is 44.4 Å². The van der Waals surface area contributed by atoms with Gasteiger partial charge in [-0.2, -0.15) is 4.57 Å². The summed E-state index contributed by atoms with van der Waals surface area (Å²) in [4.78, 5) is 27.1. The first kappa shape index (κ1) is 19.8. The number of hydrogen-bond acceptors (Lipinski definition) is 3. The molecule has 1 aliphatic rings. The predicted molar refractivity (Wildman–Crippen MR) is 119 cm³/mol. The van der Waals surface area contributed by atoms with Crippen LogP contribution in [-0.4, -0.2) is 11.6 Å². The van der Waals surface area contributed by atoms with E-state index in [0.717, 1.165) is 34.4 Å². The second-order valence-electron chi connectivity index (χ2n) is 7.81. The molecule has 4 heteroatoms. The third-order valence-corrected chi connectivity index (χ3v) is 5.48. The Hall–Kier alpha value is -3.53. The van der Waals surface area contributed by atoms with E-state index in [4.69, 9.17) is 0 Å². The number of rotatable bonds is 4. The number of carbonyl (C=O) groups is 2. The van der Waals surface area contributed by atoms with E-state index in [9.17, 15) is 9.59 Å². The Labute approximate surface area is 176 Å². The smallest absolute Gasteiger partial charge is 0.286 e.